The van der Waals surface area contributed by atoms with Crippen molar-refractivity contribution in [3.8, 4) is 61.4 Å². The van der Waals surface area contributed by atoms with Crippen LogP contribution >= 0.6 is 15.9 Å². The minimum Gasteiger partial charge on any atom is -0.537 e. The lowest BCUT2D eigenvalue weighted by Crippen LogP contribution is -2.14. The summed E-state index contributed by atoms with van der Waals surface area (Å²) in [5.41, 5.74) is 22.1. The molecule has 0 aliphatic heterocycles. The maximum Gasteiger partial charge on any atom is 0.569 e. The lowest BCUT2D eigenvalue weighted by atomic mass is 9.81. The number of fused-ring (bicyclic) bond motifs is 20. The van der Waals surface area contributed by atoms with Crippen LogP contribution in [0.3, 0.4) is 0 Å². The molecule has 0 amide bonds. The Labute approximate surface area is 564 Å². The van der Waals surface area contributed by atoms with Gasteiger partial charge in [-0.25, -0.2) is 0 Å². The van der Waals surface area contributed by atoms with Crippen molar-refractivity contribution in [1.82, 2.24) is 0 Å². The first-order valence-corrected chi connectivity index (χ1v) is 33.6. The second-order valence-electron chi connectivity index (χ2n) is 26.6. The predicted molar refractivity (Wildman–Crippen MR) is 407 cm³/mol. The number of furan rings is 2. The number of rotatable bonds is 5. The Balaban J connectivity index is 0.000000115. The molecule has 2 heterocycles. The van der Waals surface area contributed by atoms with E-state index in [0.717, 1.165) is 88.7 Å². The molecule has 0 saturated carbocycles. The summed E-state index contributed by atoms with van der Waals surface area (Å²) in [5.74, 6) is 0.655. The second-order valence-corrected chi connectivity index (χ2v) is 27.5. The average molecular weight is 1300 g/mol. The molecule has 2 aromatic heterocycles. The minimum atomic E-state index is -0.0584. The van der Waals surface area contributed by atoms with Crippen LogP contribution < -0.4 is 4.65 Å². The molecule has 4 nitrogen and oxygen atoms in total. The van der Waals surface area contributed by atoms with Gasteiger partial charge in [0.1, 0.15) is 28.1 Å². The molecule has 20 rings (SSSR count). The molecule has 0 bridgehead atoms. The molecule has 2 aliphatic carbocycles. The normalized spacial score (nSPS) is 13.3. The fourth-order valence-corrected chi connectivity index (χ4v) is 16.6. The van der Waals surface area contributed by atoms with Crippen LogP contribution in [0.1, 0.15) is 49.9 Å². The first kappa shape index (κ1) is 57.6. The van der Waals surface area contributed by atoms with Crippen molar-refractivity contribution in [2.45, 2.75) is 38.5 Å². The Bertz CT molecular complexity index is 6150. The highest BCUT2D eigenvalue weighted by Gasteiger charge is 2.38. The standard InChI is InChI=1S/C45H30O.C26H16BO3.C19H15Br/c1-45(2)38-22-20-28(26-37(38)44-30-12-4-3-11-27(30)19-23-39(44)45)42-32-14-5-7-16-34(32)43(35-17-8-6-15-33(35)42)29-21-24-41-36(25-29)31-13-9-10-18-40(31)46-41;28-27-30-26-20-10-3-1-8-18(20)25(19-9-2-4-11-21(19)26)16-13-14-24-22(15-16)17-7-5-6-12-23(17)29-24;1-19(2)16-10-8-13(20)11-15(16)18-14-6-4-3-5-12(14)7-9-17(18)19/h3-26H,1-2H3;1-15,28H;3-11H,1-2H3. The van der Waals surface area contributed by atoms with Crippen LogP contribution in [0.5, 0.6) is 5.75 Å². The molecule has 6 heteroatoms. The third-order valence-electron chi connectivity index (χ3n) is 20.7. The molecule has 1 N–H and O–H groups in total. The van der Waals surface area contributed by atoms with Gasteiger partial charge in [-0.2, -0.15) is 0 Å². The van der Waals surface area contributed by atoms with Crippen molar-refractivity contribution in [1.29, 1.82) is 0 Å². The summed E-state index contributed by atoms with van der Waals surface area (Å²) >= 11 is 3.62. The monoisotopic (exact) mass is 1300 g/mol. The summed E-state index contributed by atoms with van der Waals surface area (Å²) in [7, 11) is 0.748. The van der Waals surface area contributed by atoms with Crippen molar-refractivity contribution in [3.63, 3.8) is 0 Å². The molecule has 0 fully saturated rings. The first-order chi connectivity index (χ1) is 47.0. The molecule has 0 unspecified atom stereocenters. The Kier molecular flexibility index (Phi) is 13.4. The van der Waals surface area contributed by atoms with Crippen LogP contribution in [0.25, 0.3) is 164 Å². The van der Waals surface area contributed by atoms with Crippen molar-refractivity contribution in [2.75, 3.05) is 0 Å². The average Bonchev–Trinajstić information content (AvgIpc) is 1.47. The van der Waals surface area contributed by atoms with Crippen LogP contribution in [0.15, 0.2) is 304 Å². The van der Waals surface area contributed by atoms with E-state index < -0.39 is 0 Å². The second kappa shape index (κ2) is 22.3. The summed E-state index contributed by atoms with van der Waals surface area (Å²) in [5, 5.41) is 28.3. The van der Waals surface area contributed by atoms with Crippen LogP contribution in [-0.4, -0.2) is 12.7 Å². The van der Waals surface area contributed by atoms with E-state index in [1.165, 1.54) is 110 Å². The molecule has 455 valence electrons. The van der Waals surface area contributed by atoms with E-state index in [1.807, 2.05) is 72.8 Å². The summed E-state index contributed by atoms with van der Waals surface area (Å²) < 4.78 is 18.9. The minimum absolute atomic E-state index is 0.0584. The highest BCUT2D eigenvalue weighted by atomic mass is 79.9. The quantitative estimate of drug-likeness (QED) is 0.138. The number of hydrogen-bond acceptors (Lipinski definition) is 4. The van der Waals surface area contributed by atoms with Crippen LogP contribution in [0, 0.1) is 0 Å². The predicted octanol–water partition coefficient (Wildman–Crippen LogP) is 25.1. The molecule has 0 atom stereocenters. The van der Waals surface area contributed by atoms with Gasteiger partial charge in [-0.05, 0) is 186 Å². The van der Waals surface area contributed by atoms with E-state index in [2.05, 4.69) is 262 Å². The van der Waals surface area contributed by atoms with Crippen molar-refractivity contribution in [3.05, 3.63) is 318 Å². The van der Waals surface area contributed by atoms with Crippen LogP contribution in [-0.2, 0) is 10.8 Å². The Hall–Kier alpha value is -11.0. The van der Waals surface area contributed by atoms with Gasteiger partial charge in [-0.1, -0.05) is 280 Å². The van der Waals surface area contributed by atoms with E-state index in [0.29, 0.717) is 5.75 Å². The highest BCUT2D eigenvalue weighted by Crippen LogP contribution is 2.55. The van der Waals surface area contributed by atoms with Gasteiger partial charge in [-0.15, -0.1) is 0 Å². The lowest BCUT2D eigenvalue weighted by Gasteiger charge is -2.22. The molecule has 1 radical (unpaired) electrons. The van der Waals surface area contributed by atoms with E-state index in [9.17, 15) is 5.02 Å². The summed E-state index contributed by atoms with van der Waals surface area (Å²) in [6, 6.07) is 104. The molecular weight excluding hydrogens is 1240 g/mol. The summed E-state index contributed by atoms with van der Waals surface area (Å²) in [4.78, 5) is 0. The zero-order valence-electron chi connectivity index (χ0n) is 53.3. The van der Waals surface area contributed by atoms with Crippen LogP contribution in [0.4, 0.5) is 0 Å². The fourth-order valence-electron chi connectivity index (χ4n) is 16.3. The van der Waals surface area contributed by atoms with Crippen molar-refractivity contribution >= 4 is 132 Å². The van der Waals surface area contributed by atoms with Gasteiger partial charge >= 0.3 is 7.69 Å². The molecule has 16 aromatic carbocycles. The Morgan fingerprint density at radius 3 is 1.05 bits per heavy atom. The van der Waals surface area contributed by atoms with Crippen molar-refractivity contribution < 1.29 is 18.5 Å². The van der Waals surface area contributed by atoms with Gasteiger partial charge in [-0.3, -0.25) is 0 Å². The Morgan fingerprint density at radius 2 is 0.615 bits per heavy atom. The number of hydrogen-bond donors (Lipinski definition) is 1. The van der Waals surface area contributed by atoms with Gasteiger partial charge in [0.2, 0.25) is 0 Å². The van der Waals surface area contributed by atoms with Gasteiger partial charge in [0.05, 0.1) is 0 Å². The van der Waals surface area contributed by atoms with E-state index >= 15 is 0 Å². The summed E-state index contributed by atoms with van der Waals surface area (Å²) in [6.07, 6.45) is 0. The molecule has 2 aliphatic rings. The largest absolute Gasteiger partial charge is 0.569 e. The highest BCUT2D eigenvalue weighted by molar-refractivity contribution is 9.10. The van der Waals surface area contributed by atoms with E-state index in [1.54, 1.807) is 0 Å². The van der Waals surface area contributed by atoms with Crippen molar-refractivity contribution in [2.24, 2.45) is 0 Å². The third kappa shape index (κ3) is 8.93. The van der Waals surface area contributed by atoms with Crippen LogP contribution in [0.2, 0.25) is 0 Å². The SMILES string of the molecule is CC1(C)c2ccc(-c3c4ccccc4c(-c4ccc5oc6ccccc6c5c4)c4ccccc34)cc2-c2c1ccc1ccccc21.CC1(C)c2ccc(Br)cc2-c2c1ccc1ccccc21.O[B]Oc1c2ccccc2c(-c2ccc3oc4ccccc4c3c2)c2ccccc12. The lowest BCUT2D eigenvalue weighted by molar-refractivity contribution is 0.459. The Morgan fingerprint density at radius 1 is 0.292 bits per heavy atom. The van der Waals surface area contributed by atoms with Gasteiger partial charge in [0, 0.05) is 47.6 Å². The maximum absolute atomic E-state index is 9.36. The number of benzene rings is 16. The summed E-state index contributed by atoms with van der Waals surface area (Å²) in [6.45, 7) is 9.37. The zero-order chi connectivity index (χ0) is 64.6. The smallest absolute Gasteiger partial charge is 0.537 e. The molecule has 0 saturated heterocycles. The zero-order valence-corrected chi connectivity index (χ0v) is 54.9. The van der Waals surface area contributed by atoms with E-state index in [4.69, 9.17) is 13.5 Å². The molecule has 0 spiro atoms. The van der Waals surface area contributed by atoms with E-state index in [-0.39, 0.29) is 10.8 Å². The third-order valence-corrected chi connectivity index (χ3v) is 21.2. The first-order valence-electron chi connectivity index (χ1n) is 32.8. The number of para-hydroxylation sites is 2. The maximum atomic E-state index is 9.36. The number of halogens is 1. The molecule has 96 heavy (non-hydrogen) atoms. The van der Waals surface area contributed by atoms with Gasteiger partial charge < -0.3 is 18.5 Å². The molecule has 18 aromatic rings. The van der Waals surface area contributed by atoms with Gasteiger partial charge in [0.25, 0.3) is 0 Å². The van der Waals surface area contributed by atoms with Gasteiger partial charge in [0.15, 0.2) is 0 Å². The molecular formula is C90H61BBrO4. The fraction of sp³-hybridized carbons (Fsp3) is 0.0667. The topological polar surface area (TPSA) is 55.7 Å².